The maximum atomic E-state index is 13.8. The van der Waals surface area contributed by atoms with Crippen molar-refractivity contribution < 1.29 is 36.6 Å². The van der Waals surface area contributed by atoms with Crippen molar-refractivity contribution in [3.8, 4) is 5.75 Å². The third-order valence-electron chi connectivity index (χ3n) is 5.31. The lowest BCUT2D eigenvalue weighted by molar-refractivity contribution is -0.133. The molecule has 1 atom stereocenters. The first-order chi connectivity index (χ1) is 16.2. The van der Waals surface area contributed by atoms with E-state index in [0.29, 0.717) is 12.2 Å². The molecule has 1 heterocycles. The molecule has 0 bridgehead atoms. The molecular weight excluding hydrogens is 467 g/mol. The van der Waals surface area contributed by atoms with Crippen LogP contribution in [-0.2, 0) is 30.8 Å². The van der Waals surface area contributed by atoms with Crippen LogP contribution in [0.5, 0.6) is 5.75 Å². The highest BCUT2D eigenvalue weighted by Gasteiger charge is 2.21. The fraction of sp³-hybridized carbons (Fsp3) is 0.391. The summed E-state index contributed by atoms with van der Waals surface area (Å²) in [5.41, 5.74) is 0.649. The SMILES string of the molecule is COc1ccc(CN(C)C(=O)COC(=O)c2ccc(S(=O)(=O)NCC3CCCO3)cc2)cc1F. The van der Waals surface area contributed by atoms with E-state index in [2.05, 4.69) is 4.72 Å². The van der Waals surface area contributed by atoms with E-state index in [4.69, 9.17) is 14.2 Å². The van der Waals surface area contributed by atoms with Crippen LogP contribution in [-0.4, -0.2) is 65.2 Å². The maximum Gasteiger partial charge on any atom is 0.338 e. The Kier molecular flexibility index (Phi) is 8.59. The summed E-state index contributed by atoms with van der Waals surface area (Å²) < 4.78 is 56.4. The van der Waals surface area contributed by atoms with E-state index in [1.807, 2.05) is 0 Å². The van der Waals surface area contributed by atoms with Gasteiger partial charge in [0.2, 0.25) is 10.0 Å². The molecule has 1 fully saturated rings. The predicted molar refractivity (Wildman–Crippen MR) is 120 cm³/mol. The molecule has 1 saturated heterocycles. The molecular formula is C23H27FN2O7S. The summed E-state index contributed by atoms with van der Waals surface area (Å²) in [7, 11) is -0.881. The Hall–Kier alpha value is -3.02. The molecule has 0 radical (unpaired) electrons. The second-order valence-electron chi connectivity index (χ2n) is 7.81. The lowest BCUT2D eigenvalue weighted by Gasteiger charge is -2.17. The molecule has 1 N–H and O–H groups in total. The Bertz CT molecular complexity index is 1120. The minimum absolute atomic E-state index is 0.00424. The van der Waals surface area contributed by atoms with Gasteiger partial charge in [0.05, 0.1) is 23.7 Å². The highest BCUT2D eigenvalue weighted by atomic mass is 32.2. The Balaban J connectivity index is 1.50. The molecule has 0 aromatic heterocycles. The number of benzene rings is 2. The molecule has 1 amide bonds. The first-order valence-corrected chi connectivity index (χ1v) is 12.1. The van der Waals surface area contributed by atoms with Crippen LogP contribution in [0.15, 0.2) is 47.4 Å². The first-order valence-electron chi connectivity index (χ1n) is 10.6. The van der Waals surface area contributed by atoms with E-state index < -0.39 is 34.3 Å². The molecule has 2 aromatic carbocycles. The number of rotatable bonds is 10. The Labute approximate surface area is 197 Å². The van der Waals surface area contributed by atoms with Gasteiger partial charge < -0.3 is 19.1 Å². The van der Waals surface area contributed by atoms with Crippen LogP contribution >= 0.6 is 0 Å². The minimum atomic E-state index is -3.74. The van der Waals surface area contributed by atoms with Gasteiger partial charge in [-0.3, -0.25) is 4.79 Å². The zero-order chi connectivity index (χ0) is 24.7. The fourth-order valence-electron chi connectivity index (χ4n) is 3.35. The molecule has 0 saturated carbocycles. The summed E-state index contributed by atoms with van der Waals surface area (Å²) in [6.45, 7) is 0.409. The Morgan fingerprint density at radius 2 is 1.94 bits per heavy atom. The molecule has 1 unspecified atom stereocenters. The van der Waals surface area contributed by atoms with Gasteiger partial charge in [-0.1, -0.05) is 6.07 Å². The van der Waals surface area contributed by atoms with Gasteiger partial charge in [0.25, 0.3) is 5.91 Å². The average molecular weight is 495 g/mol. The van der Waals surface area contributed by atoms with Gasteiger partial charge >= 0.3 is 5.97 Å². The topological polar surface area (TPSA) is 111 Å². The Morgan fingerprint density at radius 1 is 1.21 bits per heavy atom. The third kappa shape index (κ3) is 6.75. The number of amides is 1. The van der Waals surface area contributed by atoms with Gasteiger partial charge in [-0.05, 0) is 54.8 Å². The highest BCUT2D eigenvalue weighted by Crippen LogP contribution is 2.19. The first kappa shape index (κ1) is 25.6. The van der Waals surface area contributed by atoms with Crippen molar-refractivity contribution in [2.24, 2.45) is 0 Å². The number of halogens is 1. The number of likely N-dealkylation sites (N-methyl/N-ethyl adjacent to an activating group) is 1. The van der Waals surface area contributed by atoms with Crippen molar-refractivity contribution in [1.29, 1.82) is 0 Å². The molecule has 0 aliphatic carbocycles. The van der Waals surface area contributed by atoms with Crippen LogP contribution in [0.2, 0.25) is 0 Å². The lowest BCUT2D eigenvalue weighted by Crippen LogP contribution is -2.32. The fourth-order valence-corrected chi connectivity index (χ4v) is 4.42. The third-order valence-corrected chi connectivity index (χ3v) is 6.75. The molecule has 3 rings (SSSR count). The largest absolute Gasteiger partial charge is 0.494 e. The number of hydrogen-bond acceptors (Lipinski definition) is 7. The summed E-state index contributed by atoms with van der Waals surface area (Å²) in [5, 5.41) is 0. The molecule has 1 aliphatic rings. The van der Waals surface area contributed by atoms with Gasteiger partial charge in [-0.25, -0.2) is 22.3 Å². The van der Waals surface area contributed by atoms with Crippen LogP contribution in [0, 0.1) is 5.82 Å². The molecule has 0 spiro atoms. The molecule has 11 heteroatoms. The van der Waals surface area contributed by atoms with E-state index in [1.54, 1.807) is 6.07 Å². The number of sulfonamides is 1. The van der Waals surface area contributed by atoms with Crippen LogP contribution in [0.4, 0.5) is 4.39 Å². The summed E-state index contributed by atoms with van der Waals surface area (Å²) in [5.74, 6) is -1.69. The van der Waals surface area contributed by atoms with Crippen LogP contribution in [0.1, 0.15) is 28.8 Å². The summed E-state index contributed by atoms with van der Waals surface area (Å²) in [6, 6.07) is 9.57. The standard InChI is InChI=1S/C23H27FN2O7S/c1-26(14-16-5-10-21(31-2)20(24)12-16)22(27)15-33-23(28)17-6-8-19(9-7-17)34(29,30)25-13-18-4-3-11-32-18/h5-10,12,18,25H,3-4,11,13-15H2,1-2H3. The van der Waals surface area contributed by atoms with Crippen molar-refractivity contribution in [3.63, 3.8) is 0 Å². The highest BCUT2D eigenvalue weighted by molar-refractivity contribution is 7.89. The van der Waals surface area contributed by atoms with Crippen molar-refractivity contribution in [3.05, 3.63) is 59.4 Å². The zero-order valence-corrected chi connectivity index (χ0v) is 19.8. The number of nitrogens with one attached hydrogen (secondary N) is 1. The molecule has 2 aromatic rings. The molecule has 184 valence electrons. The van der Waals surface area contributed by atoms with Crippen molar-refractivity contribution in [1.82, 2.24) is 9.62 Å². The maximum absolute atomic E-state index is 13.8. The van der Waals surface area contributed by atoms with E-state index >= 15 is 0 Å². The van der Waals surface area contributed by atoms with Crippen LogP contribution in [0.3, 0.4) is 0 Å². The second-order valence-corrected chi connectivity index (χ2v) is 9.57. The number of hydrogen-bond donors (Lipinski definition) is 1. The molecule has 9 nitrogen and oxygen atoms in total. The normalized spacial score (nSPS) is 15.7. The van der Waals surface area contributed by atoms with E-state index in [-0.39, 0.29) is 35.4 Å². The van der Waals surface area contributed by atoms with Crippen LogP contribution < -0.4 is 9.46 Å². The number of ether oxygens (including phenoxy) is 3. The van der Waals surface area contributed by atoms with E-state index in [9.17, 15) is 22.4 Å². The summed E-state index contributed by atoms with van der Waals surface area (Å²) >= 11 is 0. The van der Waals surface area contributed by atoms with Crippen molar-refractivity contribution in [2.75, 3.05) is 33.9 Å². The molecule has 1 aliphatic heterocycles. The summed E-state index contributed by atoms with van der Waals surface area (Å²) in [4.78, 5) is 25.9. The number of carbonyl (C=O) groups is 2. The second kappa shape index (κ2) is 11.4. The lowest BCUT2D eigenvalue weighted by atomic mass is 10.2. The van der Waals surface area contributed by atoms with Crippen molar-refractivity contribution >= 4 is 21.9 Å². The predicted octanol–water partition coefficient (Wildman–Crippen LogP) is 2.11. The molecule has 34 heavy (non-hydrogen) atoms. The number of carbonyl (C=O) groups excluding carboxylic acids is 2. The zero-order valence-electron chi connectivity index (χ0n) is 19.0. The Morgan fingerprint density at radius 3 is 2.56 bits per heavy atom. The van der Waals surface area contributed by atoms with Gasteiger partial charge in [-0.2, -0.15) is 0 Å². The number of nitrogens with zero attached hydrogens (tertiary/aromatic N) is 1. The number of esters is 1. The minimum Gasteiger partial charge on any atom is -0.494 e. The quantitative estimate of drug-likeness (QED) is 0.504. The van der Waals surface area contributed by atoms with Crippen LogP contribution in [0.25, 0.3) is 0 Å². The van der Waals surface area contributed by atoms with Gasteiger partial charge in [0.15, 0.2) is 18.2 Å². The van der Waals surface area contributed by atoms with Gasteiger partial charge in [0, 0.05) is 26.7 Å². The monoisotopic (exact) mass is 494 g/mol. The smallest absolute Gasteiger partial charge is 0.338 e. The van der Waals surface area contributed by atoms with E-state index in [1.165, 1.54) is 55.5 Å². The van der Waals surface area contributed by atoms with Gasteiger partial charge in [-0.15, -0.1) is 0 Å². The van der Waals surface area contributed by atoms with E-state index in [0.717, 1.165) is 12.8 Å². The van der Waals surface area contributed by atoms with Gasteiger partial charge in [0.1, 0.15) is 0 Å². The summed E-state index contributed by atoms with van der Waals surface area (Å²) in [6.07, 6.45) is 1.57. The number of methoxy groups -OCH3 is 1. The van der Waals surface area contributed by atoms with Crippen molar-refractivity contribution in [2.45, 2.75) is 30.4 Å². The average Bonchev–Trinajstić information content (AvgIpc) is 3.35.